The molecule has 0 bridgehead atoms. The lowest BCUT2D eigenvalue weighted by Crippen LogP contribution is -2.50. The van der Waals surface area contributed by atoms with Crippen molar-refractivity contribution in [1.82, 2.24) is 9.21 Å². The van der Waals surface area contributed by atoms with E-state index in [0.717, 1.165) is 19.6 Å². The summed E-state index contributed by atoms with van der Waals surface area (Å²) in [5, 5.41) is 0. The molecule has 7 nitrogen and oxygen atoms in total. The Hall–Kier alpha value is -0.700. The predicted octanol–water partition coefficient (Wildman–Crippen LogP) is -0.612. The highest BCUT2D eigenvalue weighted by molar-refractivity contribution is 7.88. The van der Waals surface area contributed by atoms with Crippen molar-refractivity contribution >= 4 is 15.9 Å². The number of carbonyl (C=O) groups excluding carboxylic acids is 1. The molecule has 0 aromatic rings. The van der Waals surface area contributed by atoms with Gasteiger partial charge in [-0.05, 0) is 18.3 Å². The van der Waals surface area contributed by atoms with Gasteiger partial charge in [0, 0.05) is 38.0 Å². The number of piperidine rings is 1. The Morgan fingerprint density at radius 3 is 2.57 bits per heavy atom. The topological polar surface area (TPSA) is 76.2 Å². The largest absolute Gasteiger partial charge is 0.381 e. The maximum absolute atomic E-state index is 12.7. The number of rotatable bonds is 2. The van der Waals surface area contributed by atoms with Crippen LogP contribution in [0.3, 0.4) is 0 Å². The van der Waals surface area contributed by atoms with Gasteiger partial charge in [-0.15, -0.1) is 0 Å². The zero-order valence-electron chi connectivity index (χ0n) is 13.4. The molecule has 1 amide bonds. The number of hydrogen-bond acceptors (Lipinski definition) is 5. The van der Waals surface area contributed by atoms with Crippen molar-refractivity contribution in [3.63, 3.8) is 0 Å². The van der Waals surface area contributed by atoms with Crippen LogP contribution in [0.15, 0.2) is 0 Å². The van der Waals surface area contributed by atoms with Crippen LogP contribution in [0.5, 0.6) is 0 Å². The van der Waals surface area contributed by atoms with Gasteiger partial charge in [-0.1, -0.05) is 0 Å². The lowest BCUT2D eigenvalue weighted by atomic mass is 9.93. The molecular formula is C15H24N2O5S. The lowest BCUT2D eigenvalue weighted by Gasteiger charge is -2.38. The van der Waals surface area contributed by atoms with Crippen LogP contribution in [0.2, 0.25) is 0 Å². The van der Waals surface area contributed by atoms with Gasteiger partial charge in [0.1, 0.15) is 0 Å². The van der Waals surface area contributed by atoms with E-state index in [1.54, 1.807) is 0 Å². The van der Waals surface area contributed by atoms with Crippen LogP contribution in [0.1, 0.15) is 6.42 Å². The van der Waals surface area contributed by atoms with E-state index in [1.165, 1.54) is 10.6 Å². The average Bonchev–Trinajstić information content (AvgIpc) is 3.08. The number of hydrogen-bond donors (Lipinski definition) is 0. The van der Waals surface area contributed by atoms with Crippen molar-refractivity contribution in [2.75, 3.05) is 52.3 Å². The quantitative estimate of drug-likeness (QED) is 0.668. The number of nitrogens with zero attached hydrogens (tertiary/aromatic N) is 2. The second kappa shape index (κ2) is 5.68. The number of carbonyl (C=O) groups is 1. The van der Waals surface area contributed by atoms with Crippen LogP contribution >= 0.6 is 0 Å². The SMILES string of the molecule is CS(=O)(=O)N1CCO[C@@H]2CN(C(=O)C3[C@H]4COC[C@@H]34)CC[C@@H]2C1. The summed E-state index contributed by atoms with van der Waals surface area (Å²) in [6.45, 7) is 4.06. The van der Waals surface area contributed by atoms with E-state index >= 15 is 0 Å². The summed E-state index contributed by atoms with van der Waals surface area (Å²) in [6.07, 6.45) is 2.01. The first-order chi connectivity index (χ1) is 10.9. The molecule has 1 unspecified atom stereocenters. The van der Waals surface area contributed by atoms with Crippen molar-refractivity contribution in [2.45, 2.75) is 12.5 Å². The summed E-state index contributed by atoms with van der Waals surface area (Å²) >= 11 is 0. The van der Waals surface area contributed by atoms with Crippen LogP contribution in [-0.2, 0) is 24.3 Å². The van der Waals surface area contributed by atoms with Gasteiger partial charge in [-0.2, -0.15) is 4.31 Å². The number of amides is 1. The van der Waals surface area contributed by atoms with E-state index in [2.05, 4.69) is 0 Å². The fourth-order valence-electron chi connectivity index (χ4n) is 4.34. The minimum atomic E-state index is -3.18. The Balaban J connectivity index is 1.39. The van der Waals surface area contributed by atoms with Gasteiger partial charge in [0.2, 0.25) is 15.9 Å². The number of fused-ring (bicyclic) bond motifs is 2. The summed E-state index contributed by atoms with van der Waals surface area (Å²) in [5.74, 6) is 1.43. The van der Waals surface area contributed by atoms with Crippen molar-refractivity contribution < 1.29 is 22.7 Å². The molecule has 5 atom stereocenters. The second-order valence-corrected chi connectivity index (χ2v) is 9.24. The third-order valence-electron chi connectivity index (χ3n) is 5.82. The van der Waals surface area contributed by atoms with Gasteiger partial charge in [0.25, 0.3) is 0 Å². The zero-order chi connectivity index (χ0) is 16.2. The molecule has 1 saturated carbocycles. The molecule has 8 heteroatoms. The highest BCUT2D eigenvalue weighted by Crippen LogP contribution is 2.51. The molecule has 3 aliphatic heterocycles. The van der Waals surface area contributed by atoms with E-state index in [0.29, 0.717) is 44.6 Å². The summed E-state index contributed by atoms with van der Waals surface area (Å²) in [6, 6.07) is 0. The van der Waals surface area contributed by atoms with E-state index in [-0.39, 0.29) is 23.8 Å². The first-order valence-electron chi connectivity index (χ1n) is 8.38. The first kappa shape index (κ1) is 15.8. The lowest BCUT2D eigenvalue weighted by molar-refractivity contribution is -0.139. The molecule has 4 rings (SSSR count). The van der Waals surface area contributed by atoms with E-state index in [9.17, 15) is 13.2 Å². The van der Waals surface area contributed by atoms with Crippen molar-refractivity contribution in [3.8, 4) is 0 Å². The molecule has 3 heterocycles. The maximum Gasteiger partial charge on any atom is 0.226 e. The number of likely N-dealkylation sites (tertiary alicyclic amines) is 1. The van der Waals surface area contributed by atoms with E-state index in [1.807, 2.05) is 4.90 Å². The Bertz CT molecular complexity index is 585. The molecule has 1 aliphatic carbocycles. The normalized spacial score (nSPS) is 41.1. The Morgan fingerprint density at radius 2 is 1.87 bits per heavy atom. The van der Waals surface area contributed by atoms with Gasteiger partial charge in [-0.25, -0.2) is 8.42 Å². The highest BCUT2D eigenvalue weighted by Gasteiger charge is 2.59. The summed E-state index contributed by atoms with van der Waals surface area (Å²) in [4.78, 5) is 14.6. The van der Waals surface area contributed by atoms with E-state index in [4.69, 9.17) is 9.47 Å². The fourth-order valence-corrected chi connectivity index (χ4v) is 5.21. The molecule has 4 fully saturated rings. The minimum Gasteiger partial charge on any atom is -0.381 e. The molecule has 4 aliphatic rings. The molecule has 0 aromatic carbocycles. The highest BCUT2D eigenvalue weighted by atomic mass is 32.2. The fraction of sp³-hybridized carbons (Fsp3) is 0.933. The summed E-state index contributed by atoms with van der Waals surface area (Å²) < 4.78 is 36.3. The monoisotopic (exact) mass is 344 g/mol. The third kappa shape index (κ3) is 2.90. The maximum atomic E-state index is 12.7. The van der Waals surface area contributed by atoms with Crippen LogP contribution in [0, 0.1) is 23.7 Å². The van der Waals surface area contributed by atoms with Gasteiger partial charge in [0.15, 0.2) is 0 Å². The van der Waals surface area contributed by atoms with Gasteiger partial charge in [-0.3, -0.25) is 4.79 Å². The second-order valence-electron chi connectivity index (χ2n) is 7.25. The summed E-state index contributed by atoms with van der Waals surface area (Å²) in [7, 11) is -3.18. The van der Waals surface area contributed by atoms with Crippen molar-refractivity contribution in [3.05, 3.63) is 0 Å². The predicted molar refractivity (Wildman–Crippen MR) is 82.1 cm³/mol. The van der Waals surface area contributed by atoms with Gasteiger partial charge >= 0.3 is 0 Å². The molecule has 0 N–H and O–H groups in total. The minimum absolute atomic E-state index is 0.0470. The van der Waals surface area contributed by atoms with Crippen LogP contribution in [-0.4, -0.2) is 81.9 Å². The third-order valence-corrected chi connectivity index (χ3v) is 7.09. The van der Waals surface area contributed by atoms with Crippen molar-refractivity contribution in [2.24, 2.45) is 23.7 Å². The zero-order valence-corrected chi connectivity index (χ0v) is 14.2. The molecule has 23 heavy (non-hydrogen) atoms. The summed E-state index contributed by atoms with van der Waals surface area (Å²) in [5.41, 5.74) is 0. The molecule has 3 saturated heterocycles. The standard InChI is InChI=1S/C15H24N2O5S/c1-23(19,20)17-4-5-22-13-7-16(3-2-10(13)6-17)15(18)14-11-8-21-9-12(11)14/h10-14H,2-9H2,1H3/t10-,11-,12+,13-,14?/m1/s1. The smallest absolute Gasteiger partial charge is 0.226 e. The molecule has 0 spiro atoms. The molecule has 0 radical (unpaired) electrons. The van der Waals surface area contributed by atoms with Crippen LogP contribution in [0.25, 0.3) is 0 Å². The number of ether oxygens (including phenoxy) is 2. The molecule has 130 valence electrons. The van der Waals surface area contributed by atoms with Crippen LogP contribution in [0.4, 0.5) is 0 Å². The van der Waals surface area contributed by atoms with Crippen LogP contribution < -0.4 is 0 Å². The van der Waals surface area contributed by atoms with Gasteiger partial charge < -0.3 is 14.4 Å². The Morgan fingerprint density at radius 1 is 1.13 bits per heavy atom. The van der Waals surface area contributed by atoms with Crippen molar-refractivity contribution in [1.29, 1.82) is 0 Å². The average molecular weight is 344 g/mol. The Labute approximate surface area is 136 Å². The molecule has 0 aromatic heterocycles. The van der Waals surface area contributed by atoms with E-state index < -0.39 is 10.0 Å². The first-order valence-corrected chi connectivity index (χ1v) is 10.2. The molecular weight excluding hydrogens is 320 g/mol. The number of sulfonamides is 1. The van der Waals surface area contributed by atoms with Gasteiger partial charge in [0.05, 0.1) is 32.2 Å². The Kier molecular flexibility index (Phi) is 3.91.